The van der Waals surface area contributed by atoms with Crippen LogP contribution in [0.25, 0.3) is 10.8 Å². The van der Waals surface area contributed by atoms with Gasteiger partial charge >= 0.3 is 0 Å². The van der Waals surface area contributed by atoms with Crippen LogP contribution in [0.2, 0.25) is 0 Å². The van der Waals surface area contributed by atoms with E-state index in [9.17, 15) is 0 Å². The third-order valence-corrected chi connectivity index (χ3v) is 5.45. The average molecular weight is 456 g/mol. The number of nitrogens with zero attached hydrogens (tertiary/aromatic N) is 2. The summed E-state index contributed by atoms with van der Waals surface area (Å²) >= 11 is 0. The predicted molar refractivity (Wildman–Crippen MR) is 128 cm³/mol. The van der Waals surface area contributed by atoms with Gasteiger partial charge in [0.1, 0.15) is 0 Å². The Hall–Kier alpha value is -3.55. The van der Waals surface area contributed by atoms with Crippen molar-refractivity contribution in [3.8, 4) is 0 Å². The van der Waals surface area contributed by atoms with Gasteiger partial charge in [0.05, 0.1) is 5.69 Å². The first-order valence-corrected chi connectivity index (χ1v) is 10.4. The van der Waals surface area contributed by atoms with E-state index in [1.807, 2.05) is 12.1 Å². The van der Waals surface area contributed by atoms with Crippen molar-refractivity contribution in [1.29, 1.82) is 0 Å². The van der Waals surface area contributed by atoms with Crippen LogP contribution in [0.1, 0.15) is 28.3 Å². The molecule has 0 atom stereocenters. The minimum Gasteiger partial charge on any atom is -0.317 e. The number of rotatable bonds is 5. The summed E-state index contributed by atoms with van der Waals surface area (Å²) in [5.41, 5.74) is 5.34. The van der Waals surface area contributed by atoms with Crippen LogP contribution in [0.5, 0.6) is 0 Å². The summed E-state index contributed by atoms with van der Waals surface area (Å²) in [7, 11) is 0. The number of hydrogen-bond donors (Lipinski definition) is 0. The van der Waals surface area contributed by atoms with Gasteiger partial charge < -0.3 is 4.99 Å². The van der Waals surface area contributed by atoms with E-state index >= 15 is 0 Å². The Kier molecular flexibility index (Phi) is 6.89. The number of aromatic nitrogens is 1. The van der Waals surface area contributed by atoms with Crippen LogP contribution in [-0.2, 0) is 16.5 Å². The molecular formula is C29H21N2Ni-. The second kappa shape index (κ2) is 10.2. The molecule has 2 nitrogen and oxygen atoms in total. The molecule has 0 fully saturated rings. The number of pyridine rings is 1. The minimum absolute atomic E-state index is 0. The quantitative estimate of drug-likeness (QED) is 0.121. The van der Waals surface area contributed by atoms with Crippen molar-refractivity contribution in [3.63, 3.8) is 0 Å². The van der Waals surface area contributed by atoms with Crippen molar-refractivity contribution in [1.82, 2.24) is 4.98 Å². The predicted octanol–water partition coefficient (Wildman–Crippen LogP) is 6.96. The van der Waals surface area contributed by atoms with Gasteiger partial charge in [0.2, 0.25) is 0 Å². The summed E-state index contributed by atoms with van der Waals surface area (Å²) in [6.45, 7) is 0. The first-order valence-electron chi connectivity index (χ1n) is 10.4. The molecule has 0 N–H and O–H groups in total. The Balaban J connectivity index is 0.00000245. The molecule has 0 unspecified atom stereocenters. The van der Waals surface area contributed by atoms with Crippen LogP contribution in [-0.4, -0.2) is 11.2 Å². The van der Waals surface area contributed by atoms with Gasteiger partial charge in [0.25, 0.3) is 0 Å². The molecule has 0 bridgehead atoms. The van der Waals surface area contributed by atoms with Crippen LogP contribution < -0.4 is 0 Å². The number of hydrogen-bond acceptors (Lipinski definition) is 2. The molecule has 0 aliphatic rings. The average Bonchev–Trinajstić information content (AvgIpc) is 2.85. The van der Waals surface area contributed by atoms with E-state index in [0.717, 1.165) is 16.8 Å². The summed E-state index contributed by atoms with van der Waals surface area (Å²) in [6.07, 6.45) is 3.57. The van der Waals surface area contributed by atoms with Crippen molar-refractivity contribution in [3.05, 3.63) is 144 Å². The Labute approximate surface area is 198 Å². The number of aliphatic imine (C=N–C) groups is 1. The number of fused-ring (bicyclic) bond motifs is 1. The molecule has 4 aromatic carbocycles. The van der Waals surface area contributed by atoms with Crippen LogP contribution in [0, 0.1) is 6.07 Å². The van der Waals surface area contributed by atoms with Gasteiger partial charge in [-0.15, -0.1) is 6.07 Å². The molecular weight excluding hydrogens is 435 g/mol. The minimum atomic E-state index is 0. The topological polar surface area (TPSA) is 25.2 Å². The second-order valence-corrected chi connectivity index (χ2v) is 7.40. The van der Waals surface area contributed by atoms with Gasteiger partial charge in [-0.3, -0.25) is 4.98 Å². The zero-order valence-corrected chi connectivity index (χ0v) is 18.3. The fourth-order valence-electron chi connectivity index (χ4n) is 4.02. The van der Waals surface area contributed by atoms with Crippen molar-refractivity contribution in [2.24, 2.45) is 4.99 Å². The van der Waals surface area contributed by atoms with E-state index in [0.29, 0.717) is 0 Å². The van der Waals surface area contributed by atoms with Gasteiger partial charge in [-0.25, -0.2) is 0 Å². The molecule has 3 heteroatoms. The second-order valence-electron chi connectivity index (χ2n) is 7.40. The van der Waals surface area contributed by atoms with Crippen molar-refractivity contribution in [2.75, 3.05) is 0 Å². The van der Waals surface area contributed by atoms with Crippen molar-refractivity contribution >= 4 is 22.7 Å². The van der Waals surface area contributed by atoms with Crippen LogP contribution in [0.3, 0.4) is 0 Å². The molecule has 5 aromatic rings. The van der Waals surface area contributed by atoms with Crippen molar-refractivity contribution in [2.45, 2.75) is 5.92 Å². The summed E-state index contributed by atoms with van der Waals surface area (Å²) in [5, 5.41) is 2.30. The summed E-state index contributed by atoms with van der Waals surface area (Å²) in [6, 6.07) is 40.9. The maximum absolute atomic E-state index is 4.96. The summed E-state index contributed by atoms with van der Waals surface area (Å²) in [5.74, 6) is 0.0758. The molecule has 0 aliphatic carbocycles. The molecule has 5 rings (SSSR count). The maximum Gasteiger partial charge on any atom is 0.0600 e. The van der Waals surface area contributed by atoms with Gasteiger partial charge in [0.15, 0.2) is 0 Å². The molecule has 0 aliphatic heterocycles. The van der Waals surface area contributed by atoms with Crippen LogP contribution in [0.4, 0.5) is 5.69 Å². The monoisotopic (exact) mass is 455 g/mol. The fourth-order valence-corrected chi connectivity index (χ4v) is 4.02. The summed E-state index contributed by atoms with van der Waals surface area (Å²) in [4.78, 5) is 9.32. The first-order chi connectivity index (χ1) is 15.4. The van der Waals surface area contributed by atoms with E-state index in [1.54, 1.807) is 12.4 Å². The zero-order valence-electron chi connectivity index (χ0n) is 17.3. The van der Waals surface area contributed by atoms with Gasteiger partial charge in [-0.05, 0) is 40.2 Å². The molecule has 0 saturated heterocycles. The molecule has 1 aromatic heterocycles. The van der Waals surface area contributed by atoms with E-state index in [-0.39, 0.29) is 22.4 Å². The Morgan fingerprint density at radius 1 is 0.719 bits per heavy atom. The van der Waals surface area contributed by atoms with Crippen molar-refractivity contribution < 1.29 is 16.5 Å². The first kappa shape index (κ1) is 21.7. The molecule has 32 heavy (non-hydrogen) atoms. The standard InChI is InChI=1S/C29H21N2.Ni/c1-3-12-23(13-4-1)28(24-14-5-2-6-15-24)27-19-18-22-11-7-8-17-26(22)29(27)31-21-25-16-9-10-20-30-25;/h1-15,17-21,28H;/q-1;. The molecule has 1 heterocycles. The third kappa shape index (κ3) is 4.54. The molecule has 0 radical (unpaired) electrons. The molecule has 0 saturated carbocycles. The molecule has 158 valence electrons. The smallest absolute Gasteiger partial charge is 0.0600 e. The van der Waals surface area contributed by atoms with E-state index in [1.165, 1.54) is 22.1 Å². The Bertz CT molecular complexity index is 1280. The molecule has 0 amide bonds. The Morgan fingerprint density at radius 3 is 2.03 bits per heavy atom. The third-order valence-electron chi connectivity index (χ3n) is 5.45. The largest absolute Gasteiger partial charge is 0.317 e. The number of benzene rings is 4. The van der Waals surface area contributed by atoms with E-state index in [2.05, 4.69) is 108 Å². The summed E-state index contributed by atoms with van der Waals surface area (Å²) < 4.78 is 0. The molecule has 0 spiro atoms. The van der Waals surface area contributed by atoms with Gasteiger partial charge in [-0.1, -0.05) is 97.1 Å². The fraction of sp³-hybridized carbons (Fsp3) is 0.0345. The van der Waals surface area contributed by atoms with Crippen LogP contribution in [0.15, 0.2) is 120 Å². The van der Waals surface area contributed by atoms with E-state index in [4.69, 9.17) is 4.99 Å². The van der Waals surface area contributed by atoms with Crippen LogP contribution >= 0.6 is 0 Å². The van der Waals surface area contributed by atoms with E-state index < -0.39 is 0 Å². The van der Waals surface area contributed by atoms with Gasteiger partial charge in [0, 0.05) is 27.8 Å². The SMILES string of the molecule is [Ni].[c-]1cccnc1C=Nc1c(C(c2ccccc2)c2ccccc2)ccc2ccccc12. The normalized spacial score (nSPS) is 11.0. The zero-order chi connectivity index (χ0) is 20.9. The Morgan fingerprint density at radius 2 is 1.38 bits per heavy atom. The van der Waals surface area contributed by atoms with Gasteiger partial charge in [-0.2, -0.15) is 12.1 Å². The maximum atomic E-state index is 4.96.